The summed E-state index contributed by atoms with van der Waals surface area (Å²) in [4.78, 5) is 0. The molecule has 0 aromatic heterocycles. The normalized spacial score (nSPS) is 10.5. The summed E-state index contributed by atoms with van der Waals surface area (Å²) in [7, 11) is 0. The molecule has 2 rings (SSSR count). The number of ether oxygens (including phenoxy) is 1. The zero-order valence-corrected chi connectivity index (χ0v) is 12.6. The van der Waals surface area contributed by atoms with Crippen molar-refractivity contribution in [2.45, 2.75) is 33.3 Å². The topological polar surface area (TPSA) is 53.2 Å². The van der Waals surface area contributed by atoms with Crippen molar-refractivity contribution in [2.24, 2.45) is 0 Å². The highest BCUT2D eigenvalue weighted by Gasteiger charge is 2.08. The average Bonchev–Trinajstić information content (AvgIpc) is 2.47. The van der Waals surface area contributed by atoms with E-state index in [4.69, 9.17) is 9.84 Å². The standard InChI is InChI=1S/C18H19NO2/c1-12(2)17-6-5-16(8-13(17)3)21-18-7-4-14(11-20)9-15(18)10-19/h4-9,12,20H,11H2,1-3H3. The molecule has 0 fully saturated rings. The number of nitriles is 1. The van der Waals surface area contributed by atoms with Gasteiger partial charge in [-0.3, -0.25) is 0 Å². The number of benzene rings is 2. The second kappa shape index (κ2) is 6.43. The van der Waals surface area contributed by atoms with Crippen LogP contribution in [0.2, 0.25) is 0 Å². The van der Waals surface area contributed by atoms with Gasteiger partial charge in [-0.1, -0.05) is 26.0 Å². The summed E-state index contributed by atoms with van der Waals surface area (Å²) in [6.45, 7) is 6.29. The molecule has 0 aliphatic carbocycles. The van der Waals surface area contributed by atoms with E-state index < -0.39 is 0 Å². The maximum atomic E-state index is 9.18. The van der Waals surface area contributed by atoms with E-state index in [1.54, 1.807) is 18.2 Å². The molecule has 0 unspecified atom stereocenters. The molecule has 2 aromatic rings. The van der Waals surface area contributed by atoms with Crippen LogP contribution in [-0.2, 0) is 6.61 Å². The predicted octanol–water partition coefficient (Wildman–Crippen LogP) is 4.27. The van der Waals surface area contributed by atoms with Crippen LogP contribution in [0.1, 0.15) is 42.0 Å². The number of hydrogen-bond donors (Lipinski definition) is 1. The van der Waals surface area contributed by atoms with Crippen LogP contribution in [0, 0.1) is 18.3 Å². The Balaban J connectivity index is 2.30. The first-order valence-electron chi connectivity index (χ1n) is 6.97. The lowest BCUT2D eigenvalue weighted by molar-refractivity contribution is 0.281. The van der Waals surface area contributed by atoms with E-state index >= 15 is 0 Å². The largest absolute Gasteiger partial charge is 0.456 e. The van der Waals surface area contributed by atoms with Gasteiger partial charge >= 0.3 is 0 Å². The Morgan fingerprint density at radius 3 is 2.52 bits per heavy atom. The molecule has 21 heavy (non-hydrogen) atoms. The van der Waals surface area contributed by atoms with Gasteiger partial charge in [-0.2, -0.15) is 5.26 Å². The summed E-state index contributed by atoms with van der Waals surface area (Å²) >= 11 is 0. The van der Waals surface area contributed by atoms with Crippen molar-refractivity contribution in [3.8, 4) is 17.6 Å². The minimum atomic E-state index is -0.0862. The second-order valence-corrected chi connectivity index (χ2v) is 5.38. The zero-order valence-electron chi connectivity index (χ0n) is 12.6. The van der Waals surface area contributed by atoms with Crippen LogP contribution >= 0.6 is 0 Å². The Hall–Kier alpha value is -2.31. The second-order valence-electron chi connectivity index (χ2n) is 5.38. The molecule has 2 aromatic carbocycles. The Kier molecular flexibility index (Phi) is 4.62. The monoisotopic (exact) mass is 281 g/mol. The van der Waals surface area contributed by atoms with Crippen molar-refractivity contribution in [3.05, 3.63) is 58.7 Å². The quantitative estimate of drug-likeness (QED) is 0.910. The van der Waals surface area contributed by atoms with Gasteiger partial charge in [-0.15, -0.1) is 0 Å². The van der Waals surface area contributed by atoms with E-state index in [1.165, 1.54) is 11.1 Å². The molecule has 108 valence electrons. The third kappa shape index (κ3) is 3.42. The fourth-order valence-corrected chi connectivity index (χ4v) is 2.34. The molecule has 1 N–H and O–H groups in total. The van der Waals surface area contributed by atoms with E-state index in [9.17, 15) is 5.26 Å². The number of nitrogens with zero attached hydrogens (tertiary/aromatic N) is 1. The molecule has 3 heteroatoms. The average molecular weight is 281 g/mol. The zero-order chi connectivity index (χ0) is 15.4. The number of aliphatic hydroxyl groups excluding tert-OH is 1. The molecule has 0 aliphatic rings. The van der Waals surface area contributed by atoms with E-state index in [2.05, 4.69) is 32.9 Å². The number of rotatable bonds is 4. The molecule has 0 spiro atoms. The van der Waals surface area contributed by atoms with Crippen LogP contribution < -0.4 is 4.74 Å². The molecule has 0 atom stereocenters. The summed E-state index contributed by atoms with van der Waals surface area (Å²) < 4.78 is 5.81. The Morgan fingerprint density at radius 2 is 1.95 bits per heavy atom. The Morgan fingerprint density at radius 1 is 1.19 bits per heavy atom. The fourth-order valence-electron chi connectivity index (χ4n) is 2.34. The highest BCUT2D eigenvalue weighted by molar-refractivity contribution is 5.48. The van der Waals surface area contributed by atoms with Crippen LogP contribution in [0.4, 0.5) is 0 Å². The maximum absolute atomic E-state index is 9.18. The first kappa shape index (κ1) is 15.1. The van der Waals surface area contributed by atoms with Gasteiger partial charge < -0.3 is 9.84 Å². The van der Waals surface area contributed by atoms with Crippen molar-refractivity contribution in [1.29, 1.82) is 5.26 Å². The van der Waals surface area contributed by atoms with Crippen molar-refractivity contribution in [2.75, 3.05) is 0 Å². The van der Waals surface area contributed by atoms with Gasteiger partial charge in [0.25, 0.3) is 0 Å². The molecule has 0 saturated heterocycles. The van der Waals surface area contributed by atoms with Crippen molar-refractivity contribution >= 4 is 0 Å². The van der Waals surface area contributed by atoms with Crippen LogP contribution in [0.25, 0.3) is 0 Å². The first-order valence-corrected chi connectivity index (χ1v) is 6.97. The van der Waals surface area contributed by atoms with Crippen LogP contribution in [0.15, 0.2) is 36.4 Å². The molecule has 0 amide bonds. The van der Waals surface area contributed by atoms with Crippen molar-refractivity contribution in [1.82, 2.24) is 0 Å². The first-order chi connectivity index (χ1) is 10.0. The van der Waals surface area contributed by atoms with Gasteiger partial charge in [0.2, 0.25) is 0 Å². The van der Waals surface area contributed by atoms with Gasteiger partial charge in [-0.25, -0.2) is 0 Å². The third-order valence-corrected chi connectivity index (χ3v) is 3.44. The molecular weight excluding hydrogens is 262 g/mol. The lowest BCUT2D eigenvalue weighted by Crippen LogP contribution is -1.95. The van der Waals surface area contributed by atoms with Gasteiger partial charge in [-0.05, 0) is 53.8 Å². The predicted molar refractivity (Wildman–Crippen MR) is 82.4 cm³/mol. The molecule has 0 radical (unpaired) electrons. The third-order valence-electron chi connectivity index (χ3n) is 3.44. The number of aryl methyl sites for hydroxylation is 1. The number of aliphatic hydroxyl groups is 1. The molecule has 0 bridgehead atoms. The molecular formula is C18H19NO2. The summed E-state index contributed by atoms with van der Waals surface area (Å²) in [6, 6.07) is 13.2. The highest BCUT2D eigenvalue weighted by atomic mass is 16.5. The van der Waals surface area contributed by atoms with E-state index in [-0.39, 0.29) is 6.61 Å². The number of hydrogen-bond acceptors (Lipinski definition) is 3. The smallest absolute Gasteiger partial charge is 0.145 e. The fraction of sp³-hybridized carbons (Fsp3) is 0.278. The SMILES string of the molecule is Cc1cc(Oc2ccc(CO)cc2C#N)ccc1C(C)C. The Labute approximate surface area is 125 Å². The van der Waals surface area contributed by atoms with E-state index in [0.717, 1.165) is 0 Å². The molecule has 0 heterocycles. The van der Waals surface area contributed by atoms with Gasteiger partial charge in [0.05, 0.1) is 12.2 Å². The Bertz CT molecular complexity index is 684. The van der Waals surface area contributed by atoms with Crippen LogP contribution in [0.5, 0.6) is 11.5 Å². The summed E-state index contributed by atoms with van der Waals surface area (Å²) in [6.07, 6.45) is 0. The van der Waals surface area contributed by atoms with Gasteiger partial charge in [0.1, 0.15) is 17.6 Å². The lowest BCUT2D eigenvalue weighted by Gasteiger charge is -2.13. The molecule has 0 saturated carbocycles. The highest BCUT2D eigenvalue weighted by Crippen LogP contribution is 2.29. The van der Waals surface area contributed by atoms with E-state index in [1.807, 2.05) is 12.1 Å². The summed E-state index contributed by atoms with van der Waals surface area (Å²) in [5.41, 5.74) is 3.59. The van der Waals surface area contributed by atoms with Crippen molar-refractivity contribution in [3.63, 3.8) is 0 Å². The van der Waals surface area contributed by atoms with E-state index in [0.29, 0.717) is 28.5 Å². The van der Waals surface area contributed by atoms with Crippen LogP contribution in [0.3, 0.4) is 0 Å². The van der Waals surface area contributed by atoms with Crippen LogP contribution in [-0.4, -0.2) is 5.11 Å². The van der Waals surface area contributed by atoms with Gasteiger partial charge in [0, 0.05) is 0 Å². The molecule has 0 aliphatic heterocycles. The lowest BCUT2D eigenvalue weighted by atomic mass is 9.98. The summed E-state index contributed by atoms with van der Waals surface area (Å²) in [5.74, 6) is 1.69. The maximum Gasteiger partial charge on any atom is 0.145 e. The molecule has 3 nitrogen and oxygen atoms in total. The van der Waals surface area contributed by atoms with Crippen molar-refractivity contribution < 1.29 is 9.84 Å². The minimum absolute atomic E-state index is 0.0862. The minimum Gasteiger partial charge on any atom is -0.456 e. The summed E-state index contributed by atoms with van der Waals surface area (Å²) in [5, 5.41) is 18.3. The van der Waals surface area contributed by atoms with Gasteiger partial charge in [0.15, 0.2) is 0 Å².